The zero-order valence-electron chi connectivity index (χ0n) is 19.2. The molecule has 1 fully saturated rings. The van der Waals surface area contributed by atoms with Crippen molar-refractivity contribution in [2.45, 2.75) is 44.9 Å². The Morgan fingerprint density at radius 1 is 1.06 bits per heavy atom. The van der Waals surface area contributed by atoms with Gasteiger partial charge in [0.15, 0.2) is 0 Å². The van der Waals surface area contributed by atoms with Crippen molar-refractivity contribution < 1.29 is 38.1 Å². The molecule has 1 aromatic rings. The second-order valence-electron chi connectivity index (χ2n) is 8.30. The highest BCUT2D eigenvalue weighted by atomic mass is 16.6. The summed E-state index contributed by atoms with van der Waals surface area (Å²) in [5.41, 5.74) is -0.343. The van der Waals surface area contributed by atoms with E-state index < -0.39 is 41.7 Å². The van der Waals surface area contributed by atoms with Crippen LogP contribution in [-0.4, -0.2) is 74.4 Å². The zero-order valence-corrected chi connectivity index (χ0v) is 19.2. The van der Waals surface area contributed by atoms with Crippen LogP contribution in [0.1, 0.15) is 37.6 Å². The van der Waals surface area contributed by atoms with Gasteiger partial charge in [-0.2, -0.15) is 0 Å². The minimum atomic E-state index is -1.09. The standard InChI is InChI=1S/C22H30N2O8/c1-22(2,3)32-21(28)24-12-16(15(11-17(25)29-5)18(24)20(27)30-6)31-14-9-7-13(8-10-14)19(26)23-4/h7-10,15-16,18H,11-12H2,1-6H3,(H,23,26)/t15-,16-,18-/m0/s1. The number of likely N-dealkylation sites (tertiary alicyclic amines) is 1. The molecule has 1 aliphatic heterocycles. The number of amides is 2. The van der Waals surface area contributed by atoms with Gasteiger partial charge in [-0.15, -0.1) is 0 Å². The molecule has 0 bridgehead atoms. The highest BCUT2D eigenvalue weighted by Crippen LogP contribution is 2.33. The average molecular weight is 450 g/mol. The van der Waals surface area contributed by atoms with Crippen molar-refractivity contribution in [1.29, 1.82) is 0 Å². The fourth-order valence-corrected chi connectivity index (χ4v) is 3.46. The second kappa shape index (κ2) is 10.3. The van der Waals surface area contributed by atoms with Gasteiger partial charge in [0.2, 0.25) is 0 Å². The molecule has 10 heteroatoms. The molecule has 1 aliphatic rings. The lowest BCUT2D eigenvalue weighted by atomic mass is 9.94. The largest absolute Gasteiger partial charge is 0.488 e. The number of methoxy groups -OCH3 is 2. The maximum atomic E-state index is 12.8. The van der Waals surface area contributed by atoms with Crippen LogP contribution in [0.3, 0.4) is 0 Å². The van der Waals surface area contributed by atoms with Gasteiger partial charge in [0.25, 0.3) is 5.91 Å². The van der Waals surface area contributed by atoms with Gasteiger partial charge >= 0.3 is 18.0 Å². The Balaban J connectivity index is 2.35. The zero-order chi connectivity index (χ0) is 24.1. The molecule has 3 atom stereocenters. The molecule has 2 amide bonds. The van der Waals surface area contributed by atoms with Crippen molar-refractivity contribution >= 4 is 23.9 Å². The molecular weight excluding hydrogens is 420 g/mol. The van der Waals surface area contributed by atoms with E-state index in [1.807, 2.05) is 0 Å². The fourth-order valence-electron chi connectivity index (χ4n) is 3.46. The molecule has 0 unspecified atom stereocenters. The summed E-state index contributed by atoms with van der Waals surface area (Å²) in [5.74, 6) is -1.82. The number of hydrogen-bond donors (Lipinski definition) is 1. The Morgan fingerprint density at radius 3 is 2.19 bits per heavy atom. The van der Waals surface area contributed by atoms with Crippen molar-refractivity contribution in [3.8, 4) is 5.75 Å². The van der Waals surface area contributed by atoms with Gasteiger partial charge in [0, 0.05) is 18.5 Å². The first-order valence-corrected chi connectivity index (χ1v) is 10.1. The van der Waals surface area contributed by atoms with E-state index in [1.54, 1.807) is 45.0 Å². The Bertz CT molecular complexity index is 846. The lowest BCUT2D eigenvalue weighted by Gasteiger charge is -2.28. The monoisotopic (exact) mass is 450 g/mol. The molecule has 32 heavy (non-hydrogen) atoms. The van der Waals surface area contributed by atoms with Crippen molar-refractivity contribution in [3.63, 3.8) is 0 Å². The summed E-state index contributed by atoms with van der Waals surface area (Å²) in [6, 6.07) is 5.28. The highest BCUT2D eigenvalue weighted by molar-refractivity contribution is 5.94. The molecule has 0 aromatic heterocycles. The van der Waals surface area contributed by atoms with Gasteiger partial charge in [-0.1, -0.05) is 0 Å². The average Bonchev–Trinajstić information content (AvgIpc) is 3.09. The van der Waals surface area contributed by atoms with Crippen molar-refractivity contribution in [2.24, 2.45) is 5.92 Å². The van der Waals surface area contributed by atoms with Gasteiger partial charge in [0.05, 0.1) is 27.2 Å². The Morgan fingerprint density at radius 2 is 1.69 bits per heavy atom. The third kappa shape index (κ3) is 6.12. The molecule has 1 heterocycles. The molecule has 1 aromatic carbocycles. The van der Waals surface area contributed by atoms with Crippen LogP contribution in [0.5, 0.6) is 5.75 Å². The Hall–Kier alpha value is -3.30. The smallest absolute Gasteiger partial charge is 0.411 e. The number of hydrogen-bond acceptors (Lipinski definition) is 8. The molecule has 0 spiro atoms. The van der Waals surface area contributed by atoms with Gasteiger partial charge in [-0.3, -0.25) is 14.5 Å². The SMILES string of the molecule is CNC(=O)c1ccc(O[C@H]2CN(C(=O)OC(C)(C)C)[C@H](C(=O)OC)[C@H]2CC(=O)OC)cc1. The third-order valence-electron chi connectivity index (χ3n) is 4.93. The summed E-state index contributed by atoms with van der Waals surface area (Å²) < 4.78 is 21.2. The van der Waals surface area contributed by atoms with Crippen LogP contribution in [0.2, 0.25) is 0 Å². The summed E-state index contributed by atoms with van der Waals surface area (Å²) in [6.45, 7) is 5.12. The van der Waals surface area contributed by atoms with E-state index in [9.17, 15) is 19.2 Å². The predicted octanol–water partition coefficient (Wildman–Crippen LogP) is 1.77. The molecule has 176 valence electrons. The van der Waals surface area contributed by atoms with Crippen LogP contribution < -0.4 is 10.1 Å². The van der Waals surface area contributed by atoms with Gasteiger partial charge in [0.1, 0.15) is 23.5 Å². The summed E-state index contributed by atoms with van der Waals surface area (Å²) in [4.78, 5) is 50.5. The first-order chi connectivity index (χ1) is 15.0. The maximum Gasteiger partial charge on any atom is 0.411 e. The first-order valence-electron chi connectivity index (χ1n) is 10.1. The third-order valence-corrected chi connectivity index (χ3v) is 4.93. The maximum absolute atomic E-state index is 12.8. The van der Waals surface area contributed by atoms with Crippen LogP contribution >= 0.6 is 0 Å². The molecule has 2 rings (SSSR count). The number of esters is 2. The topological polar surface area (TPSA) is 120 Å². The predicted molar refractivity (Wildman–Crippen MR) is 113 cm³/mol. The number of carbonyl (C=O) groups is 4. The summed E-state index contributed by atoms with van der Waals surface area (Å²) in [6.07, 6.45) is -1.61. The number of ether oxygens (including phenoxy) is 4. The van der Waals surface area contributed by atoms with Crippen molar-refractivity contribution in [2.75, 3.05) is 27.8 Å². The molecular formula is C22H30N2O8. The van der Waals surface area contributed by atoms with Gasteiger partial charge < -0.3 is 24.3 Å². The lowest BCUT2D eigenvalue weighted by Crippen LogP contribution is -2.46. The second-order valence-corrected chi connectivity index (χ2v) is 8.30. The van der Waals surface area contributed by atoms with E-state index in [4.69, 9.17) is 18.9 Å². The van der Waals surface area contributed by atoms with E-state index in [0.717, 1.165) is 0 Å². The van der Waals surface area contributed by atoms with Crippen molar-refractivity contribution in [3.05, 3.63) is 29.8 Å². The lowest BCUT2D eigenvalue weighted by molar-refractivity contribution is -0.149. The molecule has 10 nitrogen and oxygen atoms in total. The summed E-state index contributed by atoms with van der Waals surface area (Å²) in [7, 11) is 3.97. The molecule has 1 saturated heterocycles. The van der Waals surface area contributed by atoms with Crippen LogP contribution in [0, 0.1) is 5.92 Å². The van der Waals surface area contributed by atoms with Crippen LogP contribution in [0.25, 0.3) is 0 Å². The number of carbonyl (C=O) groups excluding carboxylic acids is 4. The number of nitrogens with one attached hydrogen (secondary N) is 1. The molecule has 0 saturated carbocycles. The molecule has 1 N–H and O–H groups in total. The number of rotatable bonds is 6. The van der Waals surface area contributed by atoms with E-state index in [-0.39, 0.29) is 18.9 Å². The van der Waals surface area contributed by atoms with E-state index >= 15 is 0 Å². The van der Waals surface area contributed by atoms with Crippen molar-refractivity contribution in [1.82, 2.24) is 10.2 Å². The first kappa shape index (κ1) is 25.0. The summed E-state index contributed by atoms with van der Waals surface area (Å²) in [5, 5.41) is 2.53. The quantitative estimate of drug-likeness (QED) is 0.514. The Labute approximate surface area is 187 Å². The normalized spacial score (nSPS) is 20.3. The van der Waals surface area contributed by atoms with E-state index in [1.165, 1.54) is 26.2 Å². The number of benzene rings is 1. The Kier molecular flexibility index (Phi) is 8.07. The van der Waals surface area contributed by atoms with Crippen LogP contribution in [-0.2, 0) is 23.8 Å². The number of nitrogens with zero attached hydrogens (tertiary/aromatic N) is 1. The minimum absolute atomic E-state index is 0.00641. The molecule has 0 radical (unpaired) electrons. The fraction of sp³-hybridized carbons (Fsp3) is 0.545. The highest BCUT2D eigenvalue weighted by Gasteiger charge is 2.51. The van der Waals surface area contributed by atoms with Crippen LogP contribution in [0.15, 0.2) is 24.3 Å². The summed E-state index contributed by atoms with van der Waals surface area (Å²) >= 11 is 0. The van der Waals surface area contributed by atoms with E-state index in [0.29, 0.717) is 11.3 Å². The van der Waals surface area contributed by atoms with Gasteiger partial charge in [-0.05, 0) is 45.0 Å². The molecule has 0 aliphatic carbocycles. The van der Waals surface area contributed by atoms with Crippen LogP contribution in [0.4, 0.5) is 4.79 Å². The minimum Gasteiger partial charge on any atom is -0.488 e. The van der Waals surface area contributed by atoms with Gasteiger partial charge in [-0.25, -0.2) is 9.59 Å². The van der Waals surface area contributed by atoms with E-state index in [2.05, 4.69) is 5.32 Å².